The predicted octanol–water partition coefficient (Wildman–Crippen LogP) is 4.51. The van der Waals surface area contributed by atoms with Crippen LogP contribution in [0.15, 0.2) is 42.0 Å². The van der Waals surface area contributed by atoms with Gasteiger partial charge in [-0.1, -0.05) is 6.58 Å². The van der Waals surface area contributed by atoms with Gasteiger partial charge in [0, 0.05) is 5.56 Å². The standard InChI is InChI=1S/C19H14I2N4O5/c1-9(2)12-7-11(3-4-16(12)26)30-17-13(20)5-10(6-14(17)21)24-25-15(8-22)18(27)23-19(28)29/h3-7,24,26H,1H2,2H3,(H,23,27)(H,28,29). The number of benzene rings is 2. The molecule has 2 amide bonds. The monoisotopic (exact) mass is 632 g/mol. The van der Waals surface area contributed by atoms with Crippen LogP contribution in [0.4, 0.5) is 10.5 Å². The van der Waals surface area contributed by atoms with Gasteiger partial charge in [-0.2, -0.15) is 10.4 Å². The van der Waals surface area contributed by atoms with Crippen molar-refractivity contribution in [1.29, 1.82) is 5.26 Å². The number of hydrazone groups is 1. The zero-order valence-corrected chi connectivity index (χ0v) is 19.7. The lowest BCUT2D eigenvalue weighted by molar-refractivity contribution is -0.114. The van der Waals surface area contributed by atoms with Crippen LogP contribution >= 0.6 is 45.2 Å². The zero-order valence-electron chi connectivity index (χ0n) is 15.4. The smallest absolute Gasteiger partial charge is 0.411 e. The molecule has 0 radical (unpaired) electrons. The Labute approximate surface area is 198 Å². The van der Waals surface area contributed by atoms with Gasteiger partial charge in [0.05, 0.1) is 12.8 Å². The molecule has 0 atom stereocenters. The van der Waals surface area contributed by atoms with Crippen LogP contribution in [-0.2, 0) is 4.79 Å². The van der Waals surface area contributed by atoms with E-state index < -0.39 is 17.7 Å². The number of carboxylic acid groups (broad SMARTS) is 1. The molecule has 0 aliphatic heterocycles. The Morgan fingerprint density at radius 3 is 2.40 bits per heavy atom. The predicted molar refractivity (Wildman–Crippen MR) is 128 cm³/mol. The first-order valence-electron chi connectivity index (χ1n) is 8.06. The zero-order chi connectivity index (χ0) is 22.4. The summed E-state index contributed by atoms with van der Waals surface area (Å²) in [7, 11) is 0. The SMILES string of the molecule is C=C(C)c1cc(Oc2c(I)cc(NN=C(C#N)C(=O)NC(=O)O)cc2I)ccc1O. The van der Waals surface area contributed by atoms with Crippen LogP contribution in [0.2, 0.25) is 0 Å². The molecule has 2 rings (SSSR count). The van der Waals surface area contributed by atoms with Gasteiger partial charge in [0.25, 0.3) is 5.91 Å². The van der Waals surface area contributed by atoms with Crippen molar-refractivity contribution in [2.24, 2.45) is 5.10 Å². The van der Waals surface area contributed by atoms with E-state index in [4.69, 9.17) is 15.1 Å². The minimum absolute atomic E-state index is 0.108. The fraction of sp³-hybridized carbons (Fsp3) is 0.0526. The van der Waals surface area contributed by atoms with Crippen molar-refractivity contribution >= 4 is 74.2 Å². The van der Waals surface area contributed by atoms with Gasteiger partial charge >= 0.3 is 6.09 Å². The number of ether oxygens (including phenoxy) is 1. The van der Waals surface area contributed by atoms with Gasteiger partial charge in [-0.15, -0.1) is 0 Å². The van der Waals surface area contributed by atoms with Crippen molar-refractivity contribution in [1.82, 2.24) is 5.32 Å². The van der Waals surface area contributed by atoms with Crippen molar-refractivity contribution in [3.8, 4) is 23.3 Å². The van der Waals surface area contributed by atoms with Gasteiger partial charge < -0.3 is 14.9 Å². The first kappa shape index (κ1) is 23.4. The highest BCUT2D eigenvalue weighted by molar-refractivity contribution is 14.1. The molecule has 0 aliphatic rings. The summed E-state index contributed by atoms with van der Waals surface area (Å²) in [4.78, 5) is 22.1. The van der Waals surface area contributed by atoms with Crippen LogP contribution in [0.1, 0.15) is 12.5 Å². The number of nitrogens with one attached hydrogen (secondary N) is 2. The highest BCUT2D eigenvalue weighted by Gasteiger charge is 2.15. The van der Waals surface area contributed by atoms with E-state index in [0.717, 1.165) is 0 Å². The number of phenolic OH excluding ortho intramolecular Hbond substituents is 1. The van der Waals surface area contributed by atoms with Crippen molar-refractivity contribution < 1.29 is 24.5 Å². The second-order valence-corrected chi connectivity index (χ2v) is 8.10. The first-order valence-corrected chi connectivity index (χ1v) is 10.2. The fourth-order valence-electron chi connectivity index (χ4n) is 2.16. The van der Waals surface area contributed by atoms with Crippen LogP contribution < -0.4 is 15.5 Å². The Balaban J connectivity index is 2.26. The van der Waals surface area contributed by atoms with Gasteiger partial charge in [0.2, 0.25) is 5.71 Å². The number of rotatable bonds is 6. The van der Waals surface area contributed by atoms with Crippen molar-refractivity contribution in [3.63, 3.8) is 0 Å². The average molecular weight is 632 g/mol. The van der Waals surface area contributed by atoms with E-state index in [2.05, 4.69) is 62.3 Å². The van der Waals surface area contributed by atoms with Gasteiger partial charge in [0.15, 0.2) is 5.75 Å². The summed E-state index contributed by atoms with van der Waals surface area (Å²) in [5.74, 6) is 0.0464. The molecule has 0 aromatic heterocycles. The van der Waals surface area contributed by atoms with E-state index >= 15 is 0 Å². The Morgan fingerprint density at radius 2 is 1.87 bits per heavy atom. The van der Waals surface area contributed by atoms with E-state index in [1.807, 2.05) is 0 Å². The molecule has 11 heteroatoms. The van der Waals surface area contributed by atoms with Crippen molar-refractivity contribution in [2.45, 2.75) is 6.92 Å². The molecule has 0 bridgehead atoms. The molecule has 0 spiro atoms. The summed E-state index contributed by atoms with van der Waals surface area (Å²) in [6, 6.07) is 9.70. The number of amides is 2. The molecule has 0 unspecified atom stereocenters. The van der Waals surface area contributed by atoms with Gasteiger partial charge in [-0.3, -0.25) is 15.5 Å². The molecule has 2 aromatic carbocycles. The molecular formula is C19H14I2N4O5. The molecule has 9 nitrogen and oxygen atoms in total. The minimum Gasteiger partial charge on any atom is -0.507 e. The summed E-state index contributed by atoms with van der Waals surface area (Å²) >= 11 is 4.11. The number of nitriles is 1. The van der Waals surface area contributed by atoms with Crippen LogP contribution in [0, 0.1) is 18.5 Å². The van der Waals surface area contributed by atoms with Crippen LogP contribution in [-0.4, -0.2) is 27.9 Å². The molecule has 0 aliphatic carbocycles. The number of hydrogen-bond donors (Lipinski definition) is 4. The third kappa shape index (κ3) is 6.07. The van der Waals surface area contributed by atoms with Crippen LogP contribution in [0.3, 0.4) is 0 Å². The van der Waals surface area contributed by atoms with Crippen LogP contribution in [0.5, 0.6) is 17.2 Å². The minimum atomic E-state index is -1.59. The number of allylic oxidation sites excluding steroid dienone is 1. The molecule has 0 saturated heterocycles. The van der Waals surface area contributed by atoms with Gasteiger partial charge in [-0.05, 0) is 88.0 Å². The number of imide groups is 1. The summed E-state index contributed by atoms with van der Waals surface area (Å²) < 4.78 is 7.37. The Morgan fingerprint density at radius 1 is 1.23 bits per heavy atom. The summed E-state index contributed by atoms with van der Waals surface area (Å²) in [5, 5.41) is 32.6. The fourth-order valence-corrected chi connectivity index (χ4v) is 4.15. The van der Waals surface area contributed by atoms with Crippen LogP contribution in [0.25, 0.3) is 5.57 Å². The third-order valence-corrected chi connectivity index (χ3v) is 5.09. The Hall–Kier alpha value is -2.86. The number of halogens is 2. The number of nitrogens with zero attached hydrogens (tertiary/aromatic N) is 2. The molecule has 2 aromatic rings. The largest absolute Gasteiger partial charge is 0.507 e. The van der Waals surface area contributed by atoms with E-state index in [1.165, 1.54) is 12.1 Å². The number of phenols is 1. The normalized spacial score (nSPS) is 10.7. The van der Waals surface area contributed by atoms with E-state index in [9.17, 15) is 14.7 Å². The lowest BCUT2D eigenvalue weighted by Crippen LogP contribution is -2.34. The van der Waals surface area contributed by atoms with Crippen molar-refractivity contribution in [3.05, 3.63) is 49.6 Å². The maximum Gasteiger partial charge on any atom is 0.411 e. The third-order valence-electron chi connectivity index (χ3n) is 3.48. The Bertz CT molecular complexity index is 1090. The molecule has 30 heavy (non-hydrogen) atoms. The number of aromatic hydroxyl groups is 1. The topological polar surface area (TPSA) is 144 Å². The molecule has 0 fully saturated rings. The molecular weight excluding hydrogens is 618 g/mol. The number of hydrogen-bond acceptors (Lipinski definition) is 7. The first-order chi connectivity index (χ1) is 14.1. The second-order valence-electron chi connectivity index (χ2n) is 5.77. The quantitative estimate of drug-likeness (QED) is 0.209. The summed E-state index contributed by atoms with van der Waals surface area (Å²) in [6.45, 7) is 5.61. The lowest BCUT2D eigenvalue weighted by Gasteiger charge is -2.13. The lowest BCUT2D eigenvalue weighted by atomic mass is 10.1. The molecule has 0 heterocycles. The Kier molecular flexibility index (Phi) is 8.00. The number of carbonyl (C=O) groups is 2. The second kappa shape index (κ2) is 10.3. The maximum absolute atomic E-state index is 11.6. The summed E-state index contributed by atoms with van der Waals surface area (Å²) in [5.41, 5.74) is 3.65. The number of carbonyl (C=O) groups excluding carboxylic acids is 1. The maximum atomic E-state index is 11.6. The molecule has 154 valence electrons. The number of anilines is 1. The average Bonchev–Trinajstić information content (AvgIpc) is 2.65. The van der Waals surface area contributed by atoms with E-state index in [0.29, 0.717) is 35.5 Å². The summed E-state index contributed by atoms with van der Waals surface area (Å²) in [6.07, 6.45) is -1.59. The molecule has 4 N–H and O–H groups in total. The van der Waals surface area contributed by atoms with Gasteiger partial charge in [-0.25, -0.2) is 4.79 Å². The van der Waals surface area contributed by atoms with Gasteiger partial charge in [0.1, 0.15) is 17.6 Å². The van der Waals surface area contributed by atoms with E-state index in [-0.39, 0.29) is 5.75 Å². The molecule has 0 saturated carbocycles. The van der Waals surface area contributed by atoms with E-state index in [1.54, 1.807) is 36.5 Å². The highest BCUT2D eigenvalue weighted by Crippen LogP contribution is 2.36. The highest BCUT2D eigenvalue weighted by atomic mass is 127. The van der Waals surface area contributed by atoms with Crippen molar-refractivity contribution in [2.75, 3.05) is 5.43 Å².